The maximum absolute atomic E-state index is 12.1. The normalized spacial score (nSPS) is 55.7. The molecule has 0 spiro atoms. The molecule has 4 fully saturated rings. The van der Waals surface area contributed by atoms with Crippen molar-refractivity contribution >= 4 is 5.78 Å². The first-order valence-corrected chi connectivity index (χ1v) is 10.0. The van der Waals surface area contributed by atoms with Gasteiger partial charge in [-0.1, -0.05) is 6.92 Å². The Morgan fingerprint density at radius 3 is 2.39 bits per heavy atom. The Kier molecular flexibility index (Phi) is 3.72. The van der Waals surface area contributed by atoms with E-state index in [0.29, 0.717) is 17.1 Å². The van der Waals surface area contributed by atoms with Crippen molar-refractivity contribution in [3.8, 4) is 0 Å². The first-order chi connectivity index (χ1) is 10.8. The molecule has 0 bridgehead atoms. The van der Waals surface area contributed by atoms with Crippen LogP contribution in [-0.4, -0.2) is 16.5 Å². The monoisotopic (exact) mass is 318 g/mol. The van der Waals surface area contributed by atoms with Crippen LogP contribution in [0.4, 0.5) is 0 Å². The predicted molar refractivity (Wildman–Crippen MR) is 91.9 cm³/mol. The molecule has 23 heavy (non-hydrogen) atoms. The van der Waals surface area contributed by atoms with Gasteiger partial charge >= 0.3 is 0 Å². The molecule has 0 heterocycles. The highest BCUT2D eigenvalue weighted by Crippen LogP contribution is 2.64. The highest BCUT2D eigenvalue weighted by molar-refractivity contribution is 5.79. The summed E-state index contributed by atoms with van der Waals surface area (Å²) in [5.74, 6) is 4.92. The Morgan fingerprint density at radius 1 is 0.913 bits per heavy atom. The van der Waals surface area contributed by atoms with Crippen LogP contribution in [0.1, 0.15) is 78.6 Å². The summed E-state index contributed by atoms with van der Waals surface area (Å²) in [6, 6.07) is 0. The number of fused-ring (bicyclic) bond motifs is 5. The van der Waals surface area contributed by atoms with Crippen molar-refractivity contribution in [2.24, 2.45) is 40.9 Å². The Morgan fingerprint density at radius 2 is 1.65 bits per heavy atom. The van der Waals surface area contributed by atoms with Crippen LogP contribution in [0.3, 0.4) is 0 Å². The van der Waals surface area contributed by atoms with Crippen molar-refractivity contribution in [3.63, 3.8) is 0 Å². The van der Waals surface area contributed by atoms with E-state index in [1.165, 1.54) is 38.5 Å². The van der Waals surface area contributed by atoms with E-state index in [-0.39, 0.29) is 0 Å². The van der Waals surface area contributed by atoms with Crippen molar-refractivity contribution in [1.82, 2.24) is 0 Å². The average molecular weight is 319 g/mol. The third-order valence-electron chi connectivity index (χ3n) is 8.73. The van der Waals surface area contributed by atoms with Gasteiger partial charge in [0, 0.05) is 5.92 Å². The zero-order chi connectivity index (χ0) is 16.4. The lowest BCUT2D eigenvalue weighted by molar-refractivity contribution is -0.130. The Balaban J connectivity index is 1.56. The highest BCUT2D eigenvalue weighted by Gasteiger charge is 2.58. The fourth-order valence-corrected chi connectivity index (χ4v) is 7.75. The van der Waals surface area contributed by atoms with Crippen molar-refractivity contribution in [2.45, 2.75) is 84.2 Å². The van der Waals surface area contributed by atoms with Crippen LogP contribution in [0.25, 0.3) is 0 Å². The van der Waals surface area contributed by atoms with Crippen LogP contribution in [0, 0.1) is 40.9 Å². The SMILES string of the molecule is CC(=O)[C@H]1CC[C@H]2C3CC[C@@H]4C[C@](C)(O)CC[C@@H]4[C@H]3CC[C@]12C. The highest BCUT2D eigenvalue weighted by atomic mass is 16.3. The minimum Gasteiger partial charge on any atom is -0.390 e. The molecule has 1 N–H and O–H groups in total. The third kappa shape index (κ3) is 2.42. The summed E-state index contributed by atoms with van der Waals surface area (Å²) in [6.45, 7) is 6.30. The van der Waals surface area contributed by atoms with Gasteiger partial charge in [0.15, 0.2) is 0 Å². The molecule has 0 amide bonds. The van der Waals surface area contributed by atoms with Crippen LogP contribution in [0.5, 0.6) is 0 Å². The molecule has 4 aliphatic carbocycles. The molecule has 2 nitrogen and oxygen atoms in total. The lowest BCUT2D eigenvalue weighted by atomic mass is 9.49. The molecule has 4 aliphatic rings. The molecule has 0 aromatic rings. The van der Waals surface area contributed by atoms with Gasteiger partial charge in [-0.2, -0.15) is 0 Å². The van der Waals surface area contributed by atoms with Gasteiger partial charge in [-0.25, -0.2) is 0 Å². The summed E-state index contributed by atoms with van der Waals surface area (Å²) in [7, 11) is 0. The van der Waals surface area contributed by atoms with Crippen LogP contribution in [0.2, 0.25) is 0 Å². The molecule has 0 aromatic heterocycles. The van der Waals surface area contributed by atoms with Gasteiger partial charge in [-0.15, -0.1) is 0 Å². The fraction of sp³-hybridized carbons (Fsp3) is 0.952. The number of rotatable bonds is 1. The van der Waals surface area contributed by atoms with Gasteiger partial charge in [0.2, 0.25) is 0 Å². The van der Waals surface area contributed by atoms with Gasteiger partial charge in [0.25, 0.3) is 0 Å². The summed E-state index contributed by atoms with van der Waals surface area (Å²) in [6.07, 6.45) is 11.0. The van der Waals surface area contributed by atoms with E-state index < -0.39 is 5.60 Å². The van der Waals surface area contributed by atoms with Gasteiger partial charge in [-0.05, 0) is 107 Å². The largest absolute Gasteiger partial charge is 0.390 e. The molecule has 8 atom stereocenters. The third-order valence-corrected chi connectivity index (χ3v) is 8.73. The maximum Gasteiger partial charge on any atom is 0.133 e. The average Bonchev–Trinajstić information content (AvgIpc) is 2.83. The number of carbonyl (C=O) groups excluding carboxylic acids is 1. The van der Waals surface area contributed by atoms with Gasteiger partial charge in [0.05, 0.1) is 5.60 Å². The van der Waals surface area contributed by atoms with Gasteiger partial charge in [-0.3, -0.25) is 4.79 Å². The van der Waals surface area contributed by atoms with Crippen LogP contribution >= 0.6 is 0 Å². The first kappa shape index (κ1) is 16.1. The fourth-order valence-electron chi connectivity index (χ4n) is 7.75. The number of aliphatic hydroxyl groups is 1. The lowest BCUT2D eigenvalue weighted by Gasteiger charge is -2.56. The topological polar surface area (TPSA) is 37.3 Å². The molecular formula is C21H34O2. The number of hydrogen-bond donors (Lipinski definition) is 1. The molecule has 4 rings (SSSR count). The molecule has 2 heteroatoms. The number of carbonyl (C=O) groups is 1. The second-order valence-corrected chi connectivity index (χ2v) is 9.96. The molecule has 0 aromatic carbocycles. The maximum atomic E-state index is 12.1. The smallest absolute Gasteiger partial charge is 0.133 e. The summed E-state index contributed by atoms with van der Waals surface area (Å²) in [5.41, 5.74) is -0.121. The number of ketones is 1. The zero-order valence-electron chi connectivity index (χ0n) is 15.2. The number of hydrogen-bond acceptors (Lipinski definition) is 2. The molecule has 1 unspecified atom stereocenters. The lowest BCUT2D eigenvalue weighted by Crippen LogP contribution is -2.50. The van der Waals surface area contributed by atoms with E-state index in [4.69, 9.17) is 0 Å². The van der Waals surface area contributed by atoms with Gasteiger partial charge in [0.1, 0.15) is 5.78 Å². The molecule has 0 saturated heterocycles. The van der Waals surface area contributed by atoms with Crippen molar-refractivity contribution < 1.29 is 9.90 Å². The Labute approximate surface area is 141 Å². The van der Waals surface area contributed by atoms with E-state index in [9.17, 15) is 9.90 Å². The van der Waals surface area contributed by atoms with E-state index in [0.717, 1.165) is 48.9 Å². The van der Waals surface area contributed by atoms with Crippen molar-refractivity contribution in [3.05, 3.63) is 0 Å². The second kappa shape index (κ2) is 5.31. The molecule has 0 aliphatic heterocycles. The minimum atomic E-state index is -0.412. The van der Waals surface area contributed by atoms with E-state index in [1.54, 1.807) is 0 Å². The summed E-state index contributed by atoms with van der Waals surface area (Å²) in [4.78, 5) is 12.1. The number of Topliss-reactive ketones (excluding diaryl/α,β-unsaturated/α-hetero) is 1. The standard InChI is InChI=1S/C21H34O2/c1-13(22)18-6-7-19-17-5-4-14-12-20(2,23)10-8-15(14)16(17)9-11-21(18,19)3/h14-19,23H,4-12H2,1-3H3/t14-,15+,16-,17?,18-,19+,20-,21-/m1/s1. The molecule has 0 radical (unpaired) electrons. The molecular weight excluding hydrogens is 284 g/mol. The first-order valence-electron chi connectivity index (χ1n) is 10.0. The van der Waals surface area contributed by atoms with E-state index in [1.807, 2.05) is 13.8 Å². The predicted octanol–water partition coefficient (Wildman–Crippen LogP) is 4.60. The van der Waals surface area contributed by atoms with Crippen LogP contribution in [-0.2, 0) is 4.79 Å². The summed E-state index contributed by atoms with van der Waals surface area (Å²) < 4.78 is 0. The van der Waals surface area contributed by atoms with Crippen LogP contribution in [0.15, 0.2) is 0 Å². The van der Waals surface area contributed by atoms with Crippen molar-refractivity contribution in [2.75, 3.05) is 0 Å². The second-order valence-electron chi connectivity index (χ2n) is 9.96. The quantitative estimate of drug-likeness (QED) is 0.767. The Bertz CT molecular complexity index is 496. The van der Waals surface area contributed by atoms with E-state index >= 15 is 0 Å². The molecule has 130 valence electrons. The van der Waals surface area contributed by atoms with Crippen molar-refractivity contribution in [1.29, 1.82) is 0 Å². The van der Waals surface area contributed by atoms with Crippen LogP contribution < -0.4 is 0 Å². The Hall–Kier alpha value is -0.370. The zero-order valence-corrected chi connectivity index (χ0v) is 15.2. The minimum absolute atomic E-state index is 0.292. The summed E-state index contributed by atoms with van der Waals surface area (Å²) >= 11 is 0. The molecule has 4 saturated carbocycles. The van der Waals surface area contributed by atoms with Gasteiger partial charge < -0.3 is 5.11 Å². The summed E-state index contributed by atoms with van der Waals surface area (Å²) in [5, 5.41) is 10.5. The van der Waals surface area contributed by atoms with E-state index in [2.05, 4.69) is 6.92 Å².